The number of carbonyl (C=O) groups excluding carboxylic acids is 1. The van der Waals surface area contributed by atoms with Crippen LogP contribution in [0.4, 0.5) is 0 Å². The van der Waals surface area contributed by atoms with Crippen molar-refractivity contribution in [1.82, 2.24) is 0 Å². The van der Waals surface area contributed by atoms with Crippen molar-refractivity contribution in [3.63, 3.8) is 0 Å². The maximum Gasteiger partial charge on any atom is 0.299 e. The first kappa shape index (κ1) is 13.5. The molecule has 0 unspecified atom stereocenters. The van der Waals surface area contributed by atoms with Crippen molar-refractivity contribution < 1.29 is 14.7 Å². The lowest BCUT2D eigenvalue weighted by atomic mass is 10.2. The Balaban J connectivity index is 0.000000173. The summed E-state index contributed by atoms with van der Waals surface area (Å²) in [5.41, 5.74) is 7.99. The van der Waals surface area contributed by atoms with Crippen molar-refractivity contribution in [2.45, 2.75) is 6.42 Å². The van der Waals surface area contributed by atoms with Crippen LogP contribution in [-0.4, -0.2) is 11.0 Å². The number of primary amides is 1. The average molecular weight is 272 g/mol. The number of rotatable bonds is 3. The Morgan fingerprint density at radius 2 is 1.65 bits per heavy atom. The maximum atomic E-state index is 10.7. The van der Waals surface area contributed by atoms with Gasteiger partial charge in [-0.05, 0) is 29.7 Å². The minimum Gasteiger partial charge on any atom is -0.366 e. The van der Waals surface area contributed by atoms with E-state index in [9.17, 15) is 14.9 Å². The number of para-hydroxylation sites is 1. The number of carbonyl (C=O) groups is 1. The Hall–Kier alpha value is -2.89. The number of fused-ring (bicyclic) bond motifs is 1. The van der Waals surface area contributed by atoms with E-state index in [0.717, 1.165) is 0 Å². The number of hydrogen-bond donors (Lipinski definition) is 1. The zero-order valence-electron chi connectivity index (χ0n) is 10.5. The molecule has 2 aromatic carbocycles. The van der Waals surface area contributed by atoms with Crippen molar-refractivity contribution in [2.24, 2.45) is 5.73 Å². The van der Waals surface area contributed by atoms with Crippen LogP contribution in [0.2, 0.25) is 0 Å². The molecule has 3 rings (SSSR count). The molecule has 0 saturated carbocycles. The molecule has 2 N–H and O–H groups in total. The molecule has 102 valence electrons. The predicted octanol–water partition coefficient (Wildman–Crippen LogP) is 1.95. The van der Waals surface area contributed by atoms with Crippen LogP contribution < -0.4 is 10.6 Å². The summed E-state index contributed by atoms with van der Waals surface area (Å²) in [6.45, 7) is 0. The van der Waals surface area contributed by atoms with Crippen molar-refractivity contribution >= 4 is 5.91 Å². The largest absolute Gasteiger partial charge is 0.366 e. The van der Waals surface area contributed by atoms with Gasteiger partial charge in [-0.25, -0.2) is 0 Å². The van der Waals surface area contributed by atoms with E-state index < -0.39 is 11.0 Å². The van der Waals surface area contributed by atoms with E-state index in [2.05, 4.69) is 29.1 Å². The normalized spacial score (nSPS) is 10.6. The fourth-order valence-corrected chi connectivity index (χ4v) is 1.67. The number of hydrogen-bond acceptors (Lipinski definition) is 4. The Labute approximate surface area is 114 Å². The van der Waals surface area contributed by atoms with Gasteiger partial charge >= 0.3 is 0 Å². The molecule has 0 spiro atoms. The summed E-state index contributed by atoms with van der Waals surface area (Å²) in [5.74, 6) is -0.919. The highest BCUT2D eigenvalue weighted by Gasteiger charge is 2.12. The zero-order chi connectivity index (χ0) is 14.5. The summed E-state index contributed by atoms with van der Waals surface area (Å²) in [6, 6.07) is 14.2. The average Bonchev–Trinajstić information content (AvgIpc) is 3.18. The Kier molecular flexibility index (Phi) is 3.95. The van der Waals surface area contributed by atoms with Gasteiger partial charge in [-0.15, -0.1) is 10.1 Å². The summed E-state index contributed by atoms with van der Waals surface area (Å²) < 4.78 is 0. The molecule has 0 atom stereocenters. The minimum atomic E-state index is -0.998. The second kappa shape index (κ2) is 5.83. The Morgan fingerprint density at radius 1 is 1.10 bits per heavy atom. The molecule has 20 heavy (non-hydrogen) atoms. The minimum absolute atomic E-state index is 0.0146. The fourth-order valence-electron chi connectivity index (χ4n) is 1.67. The van der Waals surface area contributed by atoms with Crippen LogP contribution in [0, 0.1) is 10.1 Å². The standard InChI is InChI=1S/C7H6N2O4.C7H6/c8-7(10)5-3-1-2-4-6(5)13-9(11)12;1-2-4-7-5-6(7)3-1/h1-4H,(H2,8,10);1-4H,5H2. The third-order valence-electron chi connectivity index (χ3n) is 2.70. The van der Waals surface area contributed by atoms with Crippen molar-refractivity contribution in [1.29, 1.82) is 0 Å². The topological polar surface area (TPSA) is 95.5 Å². The summed E-state index contributed by atoms with van der Waals surface area (Å²) in [5, 5.41) is 8.98. The van der Waals surface area contributed by atoms with Gasteiger partial charge in [-0.3, -0.25) is 9.63 Å². The fraction of sp³-hybridized carbons (Fsp3) is 0.0714. The van der Waals surface area contributed by atoms with Crippen LogP contribution in [0.25, 0.3) is 0 Å². The van der Waals surface area contributed by atoms with Gasteiger partial charge in [0.05, 0.1) is 5.56 Å². The SMILES string of the molecule is NC(=O)c1ccccc1O[N+](=O)[O-].c1ccc2c(c1)C2. The van der Waals surface area contributed by atoms with E-state index in [1.807, 2.05) is 0 Å². The van der Waals surface area contributed by atoms with Gasteiger partial charge in [0.25, 0.3) is 11.0 Å². The molecule has 6 heteroatoms. The number of amides is 1. The van der Waals surface area contributed by atoms with Crippen LogP contribution in [0.5, 0.6) is 5.75 Å². The summed E-state index contributed by atoms with van der Waals surface area (Å²) in [4.78, 5) is 24.8. The molecule has 1 aliphatic carbocycles. The highest BCUT2D eigenvalue weighted by Crippen LogP contribution is 2.25. The van der Waals surface area contributed by atoms with Crippen LogP contribution in [0.1, 0.15) is 21.5 Å². The van der Waals surface area contributed by atoms with E-state index in [1.54, 1.807) is 0 Å². The van der Waals surface area contributed by atoms with Crippen LogP contribution >= 0.6 is 0 Å². The molecular formula is C14H12N2O4. The summed E-state index contributed by atoms with van der Waals surface area (Å²) in [6.07, 6.45) is 1.24. The van der Waals surface area contributed by atoms with Gasteiger partial charge in [0.1, 0.15) is 5.75 Å². The second-order valence-corrected chi connectivity index (χ2v) is 4.12. The number of nitrogens with zero attached hydrogens (tertiary/aromatic N) is 1. The molecule has 0 heterocycles. The van der Waals surface area contributed by atoms with Crippen LogP contribution in [0.15, 0.2) is 48.5 Å². The van der Waals surface area contributed by atoms with Crippen molar-refractivity contribution in [2.75, 3.05) is 0 Å². The highest BCUT2D eigenvalue weighted by atomic mass is 17.0. The molecule has 1 amide bonds. The molecule has 1 aliphatic rings. The molecule has 0 aromatic heterocycles. The number of nitrogens with two attached hydrogens (primary N) is 1. The third-order valence-corrected chi connectivity index (χ3v) is 2.70. The predicted molar refractivity (Wildman–Crippen MR) is 71.8 cm³/mol. The molecule has 0 fully saturated rings. The molecule has 0 radical (unpaired) electrons. The number of benzene rings is 2. The second-order valence-electron chi connectivity index (χ2n) is 4.12. The molecular weight excluding hydrogens is 260 g/mol. The lowest BCUT2D eigenvalue weighted by Crippen LogP contribution is -2.14. The maximum absolute atomic E-state index is 10.7. The first-order chi connectivity index (χ1) is 9.58. The van der Waals surface area contributed by atoms with E-state index >= 15 is 0 Å². The summed E-state index contributed by atoms with van der Waals surface area (Å²) >= 11 is 0. The molecule has 0 aliphatic heterocycles. The molecule has 2 aromatic rings. The Bertz CT molecular complexity index is 634. The van der Waals surface area contributed by atoms with Crippen molar-refractivity contribution in [3.8, 4) is 5.75 Å². The van der Waals surface area contributed by atoms with Gasteiger partial charge in [0.15, 0.2) is 0 Å². The van der Waals surface area contributed by atoms with Gasteiger partial charge in [0, 0.05) is 0 Å². The van der Waals surface area contributed by atoms with E-state index in [4.69, 9.17) is 5.73 Å². The third kappa shape index (κ3) is 3.55. The quantitative estimate of drug-likeness (QED) is 0.582. The molecule has 0 bridgehead atoms. The van der Waals surface area contributed by atoms with Gasteiger partial charge < -0.3 is 5.73 Å². The van der Waals surface area contributed by atoms with Gasteiger partial charge in [0.2, 0.25) is 0 Å². The first-order valence-corrected chi connectivity index (χ1v) is 5.86. The van der Waals surface area contributed by atoms with Gasteiger partial charge in [-0.1, -0.05) is 36.4 Å². The lowest BCUT2D eigenvalue weighted by molar-refractivity contribution is -0.711. The van der Waals surface area contributed by atoms with E-state index in [0.29, 0.717) is 0 Å². The monoisotopic (exact) mass is 272 g/mol. The Morgan fingerprint density at radius 3 is 2.15 bits per heavy atom. The van der Waals surface area contributed by atoms with Crippen molar-refractivity contribution in [3.05, 3.63) is 75.3 Å². The van der Waals surface area contributed by atoms with Crippen LogP contribution in [0.3, 0.4) is 0 Å². The van der Waals surface area contributed by atoms with E-state index in [1.165, 1.54) is 41.8 Å². The van der Waals surface area contributed by atoms with Gasteiger partial charge in [-0.2, -0.15) is 0 Å². The lowest BCUT2D eigenvalue weighted by Gasteiger charge is -2.02. The zero-order valence-corrected chi connectivity index (χ0v) is 10.5. The smallest absolute Gasteiger partial charge is 0.299 e. The summed E-state index contributed by atoms with van der Waals surface area (Å²) in [7, 11) is 0. The first-order valence-electron chi connectivity index (χ1n) is 5.86. The van der Waals surface area contributed by atoms with E-state index in [-0.39, 0.29) is 11.3 Å². The highest BCUT2D eigenvalue weighted by molar-refractivity contribution is 5.95. The molecule has 6 nitrogen and oxygen atoms in total. The van der Waals surface area contributed by atoms with Crippen LogP contribution in [-0.2, 0) is 6.42 Å². The molecule has 0 saturated heterocycles.